The first-order valence-electron chi connectivity index (χ1n) is 7.64. The molecular weight excluding hydrogens is 268 g/mol. The van der Waals surface area contributed by atoms with Gasteiger partial charge >= 0.3 is 0 Å². The molecule has 0 radical (unpaired) electrons. The van der Waals surface area contributed by atoms with Crippen LogP contribution < -0.4 is 15.2 Å². The van der Waals surface area contributed by atoms with E-state index in [2.05, 4.69) is 11.0 Å². The molecule has 5 heteroatoms. The first-order chi connectivity index (χ1) is 10.3. The lowest BCUT2D eigenvalue weighted by Crippen LogP contribution is -2.55. The van der Waals surface area contributed by atoms with E-state index >= 15 is 0 Å². The summed E-state index contributed by atoms with van der Waals surface area (Å²) >= 11 is 0. The van der Waals surface area contributed by atoms with E-state index in [4.69, 9.17) is 19.9 Å². The second-order valence-electron chi connectivity index (χ2n) is 5.65. The quantitative estimate of drug-likeness (QED) is 0.911. The number of fused-ring (bicyclic) bond motifs is 1. The number of benzene rings is 1. The van der Waals surface area contributed by atoms with Gasteiger partial charge in [-0.2, -0.15) is 0 Å². The standard InChI is InChI=1S/C16H24N2O3/c1-19-13-3-4-14-15(11-13)21-8-2-5-16(14,12-17)18-6-9-20-10-7-18/h3-4,11H,2,5-10,12,17H2,1H3. The number of rotatable bonds is 3. The number of methoxy groups -OCH3 is 1. The molecule has 2 heterocycles. The minimum Gasteiger partial charge on any atom is -0.497 e. The molecule has 116 valence electrons. The Morgan fingerprint density at radius 3 is 2.81 bits per heavy atom. The summed E-state index contributed by atoms with van der Waals surface area (Å²) < 4.78 is 16.8. The molecule has 1 atom stereocenters. The smallest absolute Gasteiger partial charge is 0.128 e. The van der Waals surface area contributed by atoms with Crippen molar-refractivity contribution in [3.8, 4) is 11.5 Å². The predicted molar refractivity (Wildman–Crippen MR) is 80.8 cm³/mol. The number of ether oxygens (including phenoxy) is 3. The van der Waals surface area contributed by atoms with E-state index in [1.165, 1.54) is 5.56 Å². The van der Waals surface area contributed by atoms with Gasteiger partial charge in [0.05, 0.1) is 32.5 Å². The van der Waals surface area contributed by atoms with Gasteiger partial charge in [-0.3, -0.25) is 4.90 Å². The Balaban J connectivity index is 2.03. The molecule has 0 saturated carbocycles. The average molecular weight is 292 g/mol. The fourth-order valence-corrected chi connectivity index (χ4v) is 3.48. The largest absolute Gasteiger partial charge is 0.497 e. The molecular formula is C16H24N2O3. The van der Waals surface area contributed by atoms with Gasteiger partial charge in [-0.15, -0.1) is 0 Å². The fraction of sp³-hybridized carbons (Fsp3) is 0.625. The highest BCUT2D eigenvalue weighted by Gasteiger charge is 2.41. The Morgan fingerprint density at radius 1 is 1.29 bits per heavy atom. The van der Waals surface area contributed by atoms with Crippen molar-refractivity contribution in [2.45, 2.75) is 18.4 Å². The van der Waals surface area contributed by atoms with E-state index < -0.39 is 0 Å². The highest BCUT2D eigenvalue weighted by atomic mass is 16.5. The van der Waals surface area contributed by atoms with Crippen LogP contribution in [0.4, 0.5) is 0 Å². The molecule has 2 N–H and O–H groups in total. The van der Waals surface area contributed by atoms with Gasteiger partial charge in [-0.1, -0.05) is 0 Å². The van der Waals surface area contributed by atoms with Gasteiger partial charge < -0.3 is 19.9 Å². The van der Waals surface area contributed by atoms with Crippen molar-refractivity contribution in [3.05, 3.63) is 23.8 Å². The van der Waals surface area contributed by atoms with E-state index in [0.717, 1.165) is 57.3 Å². The molecule has 2 aliphatic heterocycles. The van der Waals surface area contributed by atoms with Crippen LogP contribution in [-0.4, -0.2) is 51.5 Å². The summed E-state index contributed by atoms with van der Waals surface area (Å²) in [6.45, 7) is 4.70. The van der Waals surface area contributed by atoms with Crippen LogP contribution >= 0.6 is 0 Å². The second-order valence-corrected chi connectivity index (χ2v) is 5.65. The van der Waals surface area contributed by atoms with Crippen molar-refractivity contribution in [3.63, 3.8) is 0 Å². The van der Waals surface area contributed by atoms with Crippen LogP contribution in [0.1, 0.15) is 18.4 Å². The summed E-state index contributed by atoms with van der Waals surface area (Å²) in [6.07, 6.45) is 2.02. The number of nitrogens with two attached hydrogens (primary N) is 1. The van der Waals surface area contributed by atoms with Crippen molar-refractivity contribution in [1.82, 2.24) is 4.90 Å². The van der Waals surface area contributed by atoms with Gasteiger partial charge in [0, 0.05) is 31.3 Å². The van der Waals surface area contributed by atoms with Gasteiger partial charge in [0.2, 0.25) is 0 Å². The summed E-state index contributed by atoms with van der Waals surface area (Å²) in [6, 6.07) is 6.09. The van der Waals surface area contributed by atoms with Crippen molar-refractivity contribution in [2.75, 3.05) is 46.6 Å². The number of morpholine rings is 1. The van der Waals surface area contributed by atoms with Crippen LogP contribution in [0.15, 0.2) is 18.2 Å². The SMILES string of the molecule is COc1ccc2c(c1)OCCCC2(CN)N1CCOCC1. The van der Waals surface area contributed by atoms with Crippen LogP contribution in [0.2, 0.25) is 0 Å². The van der Waals surface area contributed by atoms with E-state index in [9.17, 15) is 0 Å². The van der Waals surface area contributed by atoms with Crippen molar-refractivity contribution in [1.29, 1.82) is 0 Å². The van der Waals surface area contributed by atoms with Crippen molar-refractivity contribution < 1.29 is 14.2 Å². The summed E-state index contributed by atoms with van der Waals surface area (Å²) in [4.78, 5) is 2.47. The van der Waals surface area contributed by atoms with Gasteiger partial charge in [0.1, 0.15) is 11.5 Å². The molecule has 0 aliphatic carbocycles. The van der Waals surface area contributed by atoms with E-state index in [1.54, 1.807) is 7.11 Å². The summed E-state index contributed by atoms with van der Waals surface area (Å²) in [5.74, 6) is 1.73. The van der Waals surface area contributed by atoms with Gasteiger partial charge in [-0.25, -0.2) is 0 Å². The third-order valence-electron chi connectivity index (χ3n) is 4.64. The highest BCUT2D eigenvalue weighted by molar-refractivity contribution is 5.45. The number of hydrogen-bond donors (Lipinski definition) is 1. The molecule has 2 aliphatic rings. The van der Waals surface area contributed by atoms with Crippen molar-refractivity contribution in [2.24, 2.45) is 5.73 Å². The first-order valence-corrected chi connectivity index (χ1v) is 7.64. The predicted octanol–water partition coefficient (Wildman–Crippen LogP) is 1.35. The zero-order valence-corrected chi connectivity index (χ0v) is 12.6. The maximum Gasteiger partial charge on any atom is 0.128 e. The van der Waals surface area contributed by atoms with Crippen LogP contribution in [0.25, 0.3) is 0 Å². The third kappa shape index (κ3) is 2.61. The molecule has 1 saturated heterocycles. The first kappa shape index (κ1) is 14.6. The lowest BCUT2D eigenvalue weighted by molar-refractivity contribution is -0.0252. The van der Waals surface area contributed by atoms with E-state index in [0.29, 0.717) is 6.54 Å². The molecule has 1 fully saturated rings. The fourth-order valence-electron chi connectivity index (χ4n) is 3.48. The third-order valence-corrected chi connectivity index (χ3v) is 4.64. The molecule has 0 amide bonds. The lowest BCUT2D eigenvalue weighted by atomic mass is 9.83. The minimum atomic E-state index is -0.151. The highest BCUT2D eigenvalue weighted by Crippen LogP contribution is 2.42. The van der Waals surface area contributed by atoms with E-state index in [1.807, 2.05) is 12.1 Å². The van der Waals surface area contributed by atoms with E-state index in [-0.39, 0.29) is 5.54 Å². The molecule has 0 bridgehead atoms. The Kier molecular flexibility index (Phi) is 4.33. The Hall–Kier alpha value is -1.30. The molecule has 5 nitrogen and oxygen atoms in total. The van der Waals surface area contributed by atoms with Gasteiger partial charge in [-0.05, 0) is 25.0 Å². The van der Waals surface area contributed by atoms with Crippen LogP contribution in [0.5, 0.6) is 11.5 Å². The Labute approximate surface area is 126 Å². The lowest BCUT2D eigenvalue weighted by Gasteiger charge is -2.45. The molecule has 1 unspecified atom stereocenters. The topological polar surface area (TPSA) is 57.0 Å². The molecule has 0 aromatic heterocycles. The number of nitrogens with zero attached hydrogens (tertiary/aromatic N) is 1. The molecule has 21 heavy (non-hydrogen) atoms. The molecule has 1 aromatic carbocycles. The van der Waals surface area contributed by atoms with Crippen molar-refractivity contribution >= 4 is 0 Å². The molecule has 3 rings (SSSR count). The Bertz CT molecular complexity index is 488. The number of hydrogen-bond acceptors (Lipinski definition) is 5. The molecule has 1 aromatic rings. The second kappa shape index (κ2) is 6.22. The average Bonchev–Trinajstić information content (AvgIpc) is 2.75. The zero-order chi connectivity index (χ0) is 14.7. The summed E-state index contributed by atoms with van der Waals surface area (Å²) in [7, 11) is 1.68. The maximum absolute atomic E-state index is 6.25. The van der Waals surface area contributed by atoms with Crippen LogP contribution in [-0.2, 0) is 10.3 Å². The Morgan fingerprint density at radius 2 is 2.10 bits per heavy atom. The van der Waals surface area contributed by atoms with Gasteiger partial charge in [0.15, 0.2) is 0 Å². The monoisotopic (exact) mass is 292 g/mol. The summed E-state index contributed by atoms with van der Waals surface area (Å²) in [5, 5.41) is 0. The normalized spacial score (nSPS) is 26.6. The summed E-state index contributed by atoms with van der Waals surface area (Å²) in [5.41, 5.74) is 7.29. The zero-order valence-electron chi connectivity index (χ0n) is 12.6. The molecule has 0 spiro atoms. The van der Waals surface area contributed by atoms with Crippen LogP contribution in [0, 0.1) is 0 Å². The van der Waals surface area contributed by atoms with Gasteiger partial charge in [0.25, 0.3) is 0 Å². The van der Waals surface area contributed by atoms with Crippen LogP contribution in [0.3, 0.4) is 0 Å². The maximum atomic E-state index is 6.25. The minimum absolute atomic E-state index is 0.151.